The van der Waals surface area contributed by atoms with E-state index in [2.05, 4.69) is 0 Å². The van der Waals surface area contributed by atoms with E-state index in [1.54, 1.807) is 24.3 Å². The lowest BCUT2D eigenvalue weighted by Gasteiger charge is -2.09. The van der Waals surface area contributed by atoms with Crippen LogP contribution < -0.4 is 20.9 Å². The lowest BCUT2D eigenvalue weighted by molar-refractivity contribution is 0.279. The molecule has 0 bridgehead atoms. The molecule has 14 heteroatoms. The Bertz CT molecular complexity index is 980. The maximum Gasteiger partial charge on any atom is 0.261 e. The summed E-state index contributed by atoms with van der Waals surface area (Å²) in [5.74, 6) is 1.47. The van der Waals surface area contributed by atoms with Crippen LogP contribution in [0.1, 0.15) is 19.3 Å². The van der Waals surface area contributed by atoms with Gasteiger partial charge in [-0.05, 0) is 43.5 Å². The number of rotatable bonds is 8. The Balaban J connectivity index is 0.000000859. The Morgan fingerprint density at radius 1 is 0.727 bits per heavy atom. The molecule has 33 heavy (non-hydrogen) atoms. The van der Waals surface area contributed by atoms with E-state index in [-0.39, 0.29) is 0 Å². The van der Waals surface area contributed by atoms with E-state index < -0.39 is 20.2 Å². The molecule has 2 aromatic carbocycles. The van der Waals surface area contributed by atoms with Crippen LogP contribution in [0.3, 0.4) is 0 Å². The van der Waals surface area contributed by atoms with Gasteiger partial charge in [-0.25, -0.2) is 0 Å². The fourth-order valence-corrected chi connectivity index (χ4v) is 2.30. The summed E-state index contributed by atoms with van der Waals surface area (Å²) in [7, 11) is -7.33. The molecule has 0 fully saturated rings. The fourth-order valence-electron chi connectivity index (χ4n) is 1.96. The average molecular weight is 547 g/mol. The predicted octanol–water partition coefficient (Wildman–Crippen LogP) is 3.79. The standard InChI is InChI=1S/C17H20Cl2N2O2.2CH4O3S/c18-14-10-12(4-6-16(14)20)22-8-2-1-3-9-23-13-5-7-17(21)15(19)11-13;2*1-5(2,3)4/h4-7,10-11H,1-3,8-9,20-21H2;2*1H3,(H,2,3,4). The Kier molecular flexibility index (Phi) is 14.1. The molecule has 0 amide bonds. The predicted molar refractivity (Wildman–Crippen MR) is 132 cm³/mol. The molecule has 0 aliphatic carbocycles. The van der Waals surface area contributed by atoms with E-state index in [1.165, 1.54) is 0 Å². The van der Waals surface area contributed by atoms with Crippen LogP contribution in [-0.2, 0) is 20.2 Å². The maximum absolute atomic E-state index is 9.19. The normalized spacial score (nSPS) is 10.8. The molecular weight excluding hydrogens is 519 g/mol. The quantitative estimate of drug-likeness (QED) is 0.216. The van der Waals surface area contributed by atoms with Crippen molar-refractivity contribution in [1.82, 2.24) is 0 Å². The average Bonchev–Trinajstić information content (AvgIpc) is 2.64. The number of nitrogen functional groups attached to an aromatic ring is 2. The van der Waals surface area contributed by atoms with E-state index in [9.17, 15) is 16.8 Å². The van der Waals surface area contributed by atoms with E-state index in [1.807, 2.05) is 12.1 Å². The summed E-state index contributed by atoms with van der Waals surface area (Å²) in [6.45, 7) is 1.27. The smallest absolute Gasteiger partial charge is 0.261 e. The Morgan fingerprint density at radius 3 is 1.30 bits per heavy atom. The van der Waals surface area contributed by atoms with Crippen molar-refractivity contribution >= 4 is 54.8 Å². The first kappa shape index (κ1) is 31.0. The first-order valence-corrected chi connectivity index (χ1v) is 13.7. The van der Waals surface area contributed by atoms with Crippen LogP contribution in [0.5, 0.6) is 11.5 Å². The molecule has 0 saturated heterocycles. The molecule has 10 nitrogen and oxygen atoms in total. The van der Waals surface area contributed by atoms with Crippen LogP contribution in [0.25, 0.3) is 0 Å². The molecule has 6 N–H and O–H groups in total. The Labute approximate surface area is 204 Å². The number of ether oxygens (including phenoxy) is 2. The molecule has 0 heterocycles. The number of benzene rings is 2. The van der Waals surface area contributed by atoms with Gasteiger partial charge in [-0.2, -0.15) is 16.8 Å². The molecule has 2 aromatic rings. The third-order valence-corrected chi connectivity index (χ3v) is 3.92. The van der Waals surface area contributed by atoms with Gasteiger partial charge in [0, 0.05) is 12.1 Å². The zero-order chi connectivity index (χ0) is 25.7. The highest BCUT2D eigenvalue weighted by atomic mass is 35.5. The first-order chi connectivity index (χ1) is 15.1. The summed E-state index contributed by atoms with van der Waals surface area (Å²) in [6.07, 6.45) is 4.31. The van der Waals surface area contributed by atoms with Gasteiger partial charge >= 0.3 is 0 Å². The molecule has 0 spiro atoms. The molecule has 0 saturated carbocycles. The summed E-state index contributed by atoms with van der Waals surface area (Å²) in [5, 5.41) is 1.02. The summed E-state index contributed by atoms with van der Waals surface area (Å²) >= 11 is 11.9. The van der Waals surface area contributed by atoms with Crippen molar-refractivity contribution in [1.29, 1.82) is 0 Å². The zero-order valence-corrected chi connectivity index (χ0v) is 21.2. The Morgan fingerprint density at radius 2 is 1.03 bits per heavy atom. The molecule has 0 aliphatic heterocycles. The molecule has 188 valence electrons. The van der Waals surface area contributed by atoms with Crippen molar-refractivity contribution in [3.8, 4) is 11.5 Å². The molecule has 0 unspecified atom stereocenters. The lowest BCUT2D eigenvalue weighted by atomic mass is 10.2. The number of nitrogens with two attached hydrogens (primary N) is 2. The molecule has 0 aliphatic rings. The van der Waals surface area contributed by atoms with Crippen LogP contribution in [0, 0.1) is 0 Å². The van der Waals surface area contributed by atoms with Gasteiger partial charge in [0.1, 0.15) is 11.5 Å². The van der Waals surface area contributed by atoms with Crippen LogP contribution in [0.2, 0.25) is 10.0 Å². The minimum atomic E-state index is -3.67. The molecular formula is C19H28Cl2N2O8S2. The van der Waals surface area contributed by atoms with Gasteiger partial charge in [-0.1, -0.05) is 23.2 Å². The summed E-state index contributed by atoms with van der Waals surface area (Å²) in [5.41, 5.74) is 12.4. The van der Waals surface area contributed by atoms with Crippen molar-refractivity contribution in [2.24, 2.45) is 0 Å². The van der Waals surface area contributed by atoms with Gasteiger partial charge in [-0.3, -0.25) is 9.11 Å². The second-order valence-corrected chi connectivity index (χ2v) is 10.3. The van der Waals surface area contributed by atoms with Crippen molar-refractivity contribution in [3.63, 3.8) is 0 Å². The minimum Gasteiger partial charge on any atom is -0.494 e. The number of halogens is 2. The van der Waals surface area contributed by atoms with Crippen molar-refractivity contribution in [2.75, 3.05) is 37.2 Å². The van der Waals surface area contributed by atoms with Crippen LogP contribution in [0.4, 0.5) is 11.4 Å². The minimum absolute atomic E-state index is 0.512. The highest BCUT2D eigenvalue weighted by Gasteiger charge is 2.01. The maximum atomic E-state index is 9.19. The first-order valence-electron chi connectivity index (χ1n) is 9.27. The molecule has 0 atom stereocenters. The van der Waals surface area contributed by atoms with Gasteiger partial charge in [0.25, 0.3) is 20.2 Å². The molecule has 0 radical (unpaired) electrons. The highest BCUT2D eigenvalue weighted by Crippen LogP contribution is 2.25. The van der Waals surface area contributed by atoms with Crippen molar-refractivity contribution < 1.29 is 35.4 Å². The Hall–Kier alpha value is -1.96. The number of unbranched alkanes of at least 4 members (excludes halogenated alkanes) is 2. The van der Waals surface area contributed by atoms with E-state index in [4.69, 9.17) is 53.2 Å². The second-order valence-electron chi connectivity index (χ2n) is 6.59. The van der Waals surface area contributed by atoms with Gasteiger partial charge < -0.3 is 20.9 Å². The second kappa shape index (κ2) is 15.0. The topological polar surface area (TPSA) is 179 Å². The third-order valence-electron chi connectivity index (χ3n) is 3.27. The van der Waals surface area contributed by atoms with Crippen molar-refractivity contribution in [3.05, 3.63) is 46.4 Å². The third kappa shape index (κ3) is 20.4. The van der Waals surface area contributed by atoms with E-state index in [0.29, 0.717) is 47.1 Å². The number of anilines is 2. The largest absolute Gasteiger partial charge is 0.494 e. The molecule has 2 rings (SSSR count). The van der Waals surface area contributed by atoms with Gasteiger partial charge in [0.05, 0.1) is 47.1 Å². The van der Waals surface area contributed by atoms with Gasteiger partial charge in [0.15, 0.2) is 0 Å². The van der Waals surface area contributed by atoms with Gasteiger partial charge in [-0.15, -0.1) is 0 Å². The SMILES string of the molecule is CS(=O)(=O)O.CS(=O)(=O)O.Nc1ccc(OCCCCCOc2ccc(N)c(Cl)c2)cc1Cl. The van der Waals surface area contributed by atoms with E-state index >= 15 is 0 Å². The van der Waals surface area contributed by atoms with Gasteiger partial charge in [0.2, 0.25) is 0 Å². The highest BCUT2D eigenvalue weighted by molar-refractivity contribution is 7.85. The van der Waals surface area contributed by atoms with Crippen LogP contribution in [-0.4, -0.2) is 51.7 Å². The lowest BCUT2D eigenvalue weighted by Crippen LogP contribution is -2.01. The monoisotopic (exact) mass is 546 g/mol. The fraction of sp³-hybridized carbons (Fsp3) is 0.368. The number of hydrogen-bond acceptors (Lipinski definition) is 8. The molecule has 0 aromatic heterocycles. The van der Waals surface area contributed by atoms with Crippen molar-refractivity contribution in [2.45, 2.75) is 19.3 Å². The zero-order valence-electron chi connectivity index (χ0n) is 18.1. The summed E-state index contributed by atoms with van der Waals surface area (Å²) in [6, 6.07) is 10.6. The van der Waals surface area contributed by atoms with Crippen LogP contribution >= 0.6 is 23.2 Å². The summed E-state index contributed by atoms with van der Waals surface area (Å²) in [4.78, 5) is 0. The summed E-state index contributed by atoms with van der Waals surface area (Å²) < 4.78 is 63.0. The van der Waals surface area contributed by atoms with Crippen LogP contribution in [0.15, 0.2) is 36.4 Å². The van der Waals surface area contributed by atoms with E-state index in [0.717, 1.165) is 30.8 Å². The number of hydrogen-bond donors (Lipinski definition) is 4.